The van der Waals surface area contributed by atoms with E-state index < -0.39 is 41.1 Å². The van der Waals surface area contributed by atoms with Crippen molar-refractivity contribution < 1.29 is 37.5 Å². The summed E-state index contributed by atoms with van der Waals surface area (Å²) < 4.78 is 37.4. The van der Waals surface area contributed by atoms with Crippen molar-refractivity contribution >= 4 is 51.7 Å². The number of nitrogens with two attached hydrogens (primary N) is 1. The molecule has 0 aromatic carbocycles. The van der Waals surface area contributed by atoms with Gasteiger partial charge in [0.15, 0.2) is 10.8 Å². The zero-order valence-corrected chi connectivity index (χ0v) is 17.2. The van der Waals surface area contributed by atoms with Gasteiger partial charge in [-0.1, -0.05) is 11.2 Å². The van der Waals surface area contributed by atoms with Crippen LogP contribution in [0, 0.1) is 0 Å². The van der Waals surface area contributed by atoms with Crippen molar-refractivity contribution in [3.63, 3.8) is 0 Å². The number of nitrogens with one attached hydrogen (secondary N) is 1. The summed E-state index contributed by atoms with van der Waals surface area (Å²) in [6.45, 7) is 0. The Labute approximate surface area is 180 Å². The van der Waals surface area contributed by atoms with Gasteiger partial charge in [0.25, 0.3) is 11.8 Å². The highest BCUT2D eigenvalue weighted by molar-refractivity contribution is 8.00. The van der Waals surface area contributed by atoms with Crippen LogP contribution in [0.1, 0.15) is 5.69 Å². The van der Waals surface area contributed by atoms with Gasteiger partial charge in [0.2, 0.25) is 0 Å². The van der Waals surface area contributed by atoms with Crippen LogP contribution in [-0.2, 0) is 19.2 Å². The summed E-state index contributed by atoms with van der Waals surface area (Å²) in [5, 5.41) is 16.3. The molecule has 0 aliphatic carbocycles. The highest BCUT2D eigenvalue weighted by atomic mass is 32.2. The lowest BCUT2D eigenvalue weighted by Crippen LogP contribution is -2.71. The fourth-order valence-electron chi connectivity index (χ4n) is 2.87. The van der Waals surface area contributed by atoms with E-state index in [0.717, 1.165) is 28.0 Å². The highest BCUT2D eigenvalue weighted by Gasteiger charge is 2.54. The third kappa shape index (κ3) is 4.66. The van der Waals surface area contributed by atoms with E-state index in [0.29, 0.717) is 6.08 Å². The number of carbonyl (C=O) groups is 3. The monoisotopic (exact) mass is 477 g/mol. The molecule has 2 aliphatic rings. The van der Waals surface area contributed by atoms with Gasteiger partial charge in [0.05, 0.1) is 0 Å². The third-order valence-corrected chi connectivity index (χ3v) is 6.10. The number of hydrogen-bond donors (Lipinski definition) is 3. The van der Waals surface area contributed by atoms with Crippen LogP contribution < -0.4 is 11.1 Å². The molecule has 15 heteroatoms. The largest absolute Gasteiger partial charge is 0.477 e. The Bertz CT molecular complexity index is 1020. The number of alkyl halides is 3. The number of nitrogens with zero attached hydrogens (tertiary/aromatic N) is 3. The number of hydrogen-bond acceptors (Lipinski definition) is 9. The predicted molar refractivity (Wildman–Crippen MR) is 105 cm³/mol. The van der Waals surface area contributed by atoms with Gasteiger partial charge in [0, 0.05) is 17.2 Å². The molecule has 10 nitrogen and oxygen atoms in total. The van der Waals surface area contributed by atoms with Crippen LogP contribution in [0.5, 0.6) is 0 Å². The van der Waals surface area contributed by atoms with Gasteiger partial charge in [-0.3, -0.25) is 14.5 Å². The highest BCUT2D eigenvalue weighted by Crippen LogP contribution is 2.41. The average Bonchev–Trinajstić information content (AvgIpc) is 3.12. The Hall–Kier alpha value is -3.07. The van der Waals surface area contributed by atoms with Crippen molar-refractivity contribution in [3.05, 3.63) is 34.5 Å². The molecule has 0 radical (unpaired) electrons. The number of nitrogen functional groups attached to an aromatic ring is 1. The maximum absolute atomic E-state index is 12.6. The number of aromatic nitrogens is 1. The van der Waals surface area contributed by atoms with Crippen LogP contribution in [0.4, 0.5) is 18.3 Å². The van der Waals surface area contributed by atoms with E-state index in [1.165, 1.54) is 12.5 Å². The first-order chi connectivity index (χ1) is 14.5. The van der Waals surface area contributed by atoms with E-state index in [4.69, 9.17) is 5.73 Å². The van der Waals surface area contributed by atoms with E-state index in [1.54, 1.807) is 0 Å². The molecule has 1 aromatic heterocycles. The number of thiazole rings is 1. The molecule has 0 bridgehead atoms. The number of β-lactam (4-membered cyclic amide) rings is 1. The van der Waals surface area contributed by atoms with Crippen molar-refractivity contribution in [2.24, 2.45) is 5.16 Å². The number of carbonyl (C=O) groups excluding carboxylic acids is 2. The quantitative estimate of drug-likeness (QED) is 0.312. The smallest absolute Gasteiger partial charge is 0.409 e. The molecule has 2 aliphatic heterocycles. The third-order valence-electron chi connectivity index (χ3n) is 4.12. The maximum atomic E-state index is 12.6. The van der Waals surface area contributed by atoms with Gasteiger partial charge in [-0.2, -0.15) is 13.2 Å². The zero-order valence-electron chi connectivity index (χ0n) is 15.5. The molecule has 166 valence electrons. The van der Waals surface area contributed by atoms with Crippen molar-refractivity contribution in [2.75, 3.05) is 18.6 Å². The molecule has 1 saturated heterocycles. The number of oxime groups is 1. The summed E-state index contributed by atoms with van der Waals surface area (Å²) in [5.74, 6) is -3.24. The number of carboxylic acid groups (broad SMARTS) is 1. The second-order valence-electron chi connectivity index (χ2n) is 6.11. The lowest BCUT2D eigenvalue weighted by molar-refractivity contribution is -0.150. The molecule has 2 unspecified atom stereocenters. The molecule has 1 aromatic rings. The van der Waals surface area contributed by atoms with Crippen LogP contribution >= 0.6 is 23.1 Å². The number of amides is 2. The first-order valence-corrected chi connectivity index (χ1v) is 10.3. The topological polar surface area (TPSA) is 147 Å². The minimum Gasteiger partial charge on any atom is -0.477 e. The fourth-order valence-corrected chi connectivity index (χ4v) is 4.73. The van der Waals surface area contributed by atoms with Crippen LogP contribution in [0.25, 0.3) is 0 Å². The summed E-state index contributed by atoms with van der Waals surface area (Å²) in [5.41, 5.74) is 4.70. The molecule has 4 N–H and O–H groups in total. The van der Waals surface area contributed by atoms with Crippen LogP contribution in [0.3, 0.4) is 0 Å². The van der Waals surface area contributed by atoms with Crippen LogP contribution in [0.2, 0.25) is 0 Å². The molecule has 0 saturated carbocycles. The van der Waals surface area contributed by atoms with Crippen molar-refractivity contribution in [1.29, 1.82) is 0 Å². The number of thioether (sulfide) groups is 1. The summed E-state index contributed by atoms with van der Waals surface area (Å²) in [6, 6.07) is -1.11. The molecule has 0 spiro atoms. The summed E-state index contributed by atoms with van der Waals surface area (Å²) in [4.78, 5) is 46.2. The predicted octanol–water partition coefficient (Wildman–Crippen LogP) is 0.933. The number of anilines is 1. The van der Waals surface area contributed by atoms with Crippen molar-refractivity contribution in [3.8, 4) is 0 Å². The number of allylic oxidation sites excluding steroid dienone is 2. The Balaban J connectivity index is 1.81. The van der Waals surface area contributed by atoms with Crippen LogP contribution in [0.15, 0.2) is 34.0 Å². The average molecular weight is 477 g/mol. The van der Waals surface area contributed by atoms with E-state index in [9.17, 15) is 32.7 Å². The van der Waals surface area contributed by atoms with Crippen molar-refractivity contribution in [1.82, 2.24) is 15.2 Å². The SMILES string of the molecule is CO/N=C(/C(=O)NC1C(=O)N2C(C(=O)O)=C(/C=C/C(F)(F)F)CSC12)c1csc(N)n1. The van der Waals surface area contributed by atoms with Crippen LogP contribution in [-0.4, -0.2) is 68.9 Å². The van der Waals surface area contributed by atoms with E-state index in [1.807, 2.05) is 0 Å². The second-order valence-corrected chi connectivity index (χ2v) is 8.10. The number of fused-ring (bicyclic) bond motifs is 1. The number of carboxylic acids is 1. The second kappa shape index (κ2) is 8.58. The van der Waals surface area contributed by atoms with Gasteiger partial charge in [-0.25, -0.2) is 9.78 Å². The van der Waals surface area contributed by atoms with Gasteiger partial charge in [0.1, 0.15) is 29.9 Å². The Morgan fingerprint density at radius 1 is 1.48 bits per heavy atom. The first kappa shape index (κ1) is 22.6. The molecule has 3 heterocycles. The molecule has 3 rings (SSSR count). The zero-order chi connectivity index (χ0) is 22.9. The van der Waals surface area contributed by atoms with Gasteiger partial charge in [-0.15, -0.1) is 23.1 Å². The molecule has 2 amide bonds. The summed E-state index contributed by atoms with van der Waals surface area (Å²) in [6.07, 6.45) is -4.10. The van der Waals surface area contributed by atoms with Gasteiger partial charge < -0.3 is 21.0 Å². The molecular formula is C16H14F3N5O5S2. The van der Waals surface area contributed by atoms with Gasteiger partial charge >= 0.3 is 12.1 Å². The normalized spacial score (nSPS) is 21.7. The van der Waals surface area contributed by atoms with E-state index >= 15 is 0 Å². The lowest BCUT2D eigenvalue weighted by Gasteiger charge is -2.49. The number of halogens is 3. The summed E-state index contributed by atoms with van der Waals surface area (Å²) >= 11 is 2.07. The maximum Gasteiger partial charge on any atom is 0.409 e. The fraction of sp³-hybridized carbons (Fsp3) is 0.312. The number of rotatable bonds is 6. The number of aliphatic carboxylic acids is 1. The Kier molecular flexibility index (Phi) is 6.26. The Morgan fingerprint density at radius 2 is 2.19 bits per heavy atom. The molecule has 2 atom stereocenters. The molecule has 31 heavy (non-hydrogen) atoms. The molecule has 1 fully saturated rings. The van der Waals surface area contributed by atoms with Crippen molar-refractivity contribution in [2.45, 2.75) is 17.6 Å². The first-order valence-electron chi connectivity index (χ1n) is 8.34. The summed E-state index contributed by atoms with van der Waals surface area (Å²) in [7, 11) is 1.20. The van der Waals surface area contributed by atoms with Gasteiger partial charge in [-0.05, 0) is 5.57 Å². The Morgan fingerprint density at radius 3 is 2.74 bits per heavy atom. The standard InChI is InChI=1S/C16H14F3N5O5S2/c1-29-23-8(7-5-31-15(20)21-7)11(25)22-9-12(26)24-10(14(27)28)6(4-30-13(9)24)2-3-16(17,18)19/h2-3,5,9,13H,4H2,1H3,(H2,20,21)(H,22,25)(H,27,28)/b3-2+,23-8+. The molecular weight excluding hydrogens is 463 g/mol. The lowest BCUT2D eigenvalue weighted by atomic mass is 10.0. The van der Waals surface area contributed by atoms with E-state index in [2.05, 4.69) is 20.3 Å². The minimum absolute atomic E-state index is 0.0945. The van der Waals surface area contributed by atoms with E-state index in [-0.39, 0.29) is 33.9 Å². The minimum atomic E-state index is -4.64.